The van der Waals surface area contributed by atoms with Crippen LogP contribution in [-0.2, 0) is 4.79 Å². The van der Waals surface area contributed by atoms with E-state index in [-0.39, 0.29) is 0 Å². The van der Waals surface area contributed by atoms with Crippen LogP contribution in [0.1, 0.15) is 46.5 Å². The Balaban J connectivity index is 2.33. The highest BCUT2D eigenvalue weighted by Crippen LogP contribution is 2.30. The van der Waals surface area contributed by atoms with E-state index in [2.05, 4.69) is 25.7 Å². The van der Waals surface area contributed by atoms with Crippen molar-refractivity contribution < 1.29 is 4.79 Å². The van der Waals surface area contributed by atoms with Crippen LogP contribution in [-0.4, -0.2) is 40.9 Å². The van der Waals surface area contributed by atoms with Crippen LogP contribution in [0.3, 0.4) is 0 Å². The van der Waals surface area contributed by atoms with Crippen LogP contribution in [0.25, 0.3) is 0 Å². The van der Waals surface area contributed by atoms with Gasteiger partial charge in [-0.3, -0.25) is 4.79 Å². The molecular formula is C14H28N2OS. The number of carbonyl (C=O) groups is 1. The molecule has 0 aromatic heterocycles. The van der Waals surface area contributed by atoms with Gasteiger partial charge in [0.2, 0.25) is 5.91 Å². The summed E-state index contributed by atoms with van der Waals surface area (Å²) in [6.45, 7) is 9.29. The molecule has 1 saturated heterocycles. The summed E-state index contributed by atoms with van der Waals surface area (Å²) in [5.41, 5.74) is 5.53. The molecule has 0 bridgehead atoms. The average Bonchev–Trinajstić information content (AvgIpc) is 2.47. The molecule has 3 nitrogen and oxygen atoms in total. The Morgan fingerprint density at radius 3 is 2.78 bits per heavy atom. The van der Waals surface area contributed by atoms with Gasteiger partial charge in [0.25, 0.3) is 0 Å². The van der Waals surface area contributed by atoms with E-state index < -0.39 is 0 Å². The van der Waals surface area contributed by atoms with E-state index in [9.17, 15) is 4.79 Å². The second kappa shape index (κ2) is 7.39. The molecule has 2 N–H and O–H groups in total. The van der Waals surface area contributed by atoms with Crippen LogP contribution in [0.5, 0.6) is 0 Å². The van der Waals surface area contributed by atoms with Gasteiger partial charge in [0.1, 0.15) is 0 Å². The molecule has 1 unspecified atom stereocenters. The highest BCUT2D eigenvalue weighted by atomic mass is 32.2. The molecular weight excluding hydrogens is 244 g/mol. The van der Waals surface area contributed by atoms with Crippen molar-refractivity contribution >= 4 is 17.7 Å². The second-order valence-electron chi connectivity index (χ2n) is 5.96. The molecule has 0 aromatic rings. The van der Waals surface area contributed by atoms with E-state index in [0.29, 0.717) is 23.0 Å². The van der Waals surface area contributed by atoms with Crippen molar-refractivity contribution in [3.8, 4) is 0 Å². The van der Waals surface area contributed by atoms with Crippen LogP contribution in [0.15, 0.2) is 0 Å². The Kier molecular flexibility index (Phi) is 6.50. The molecule has 0 saturated carbocycles. The van der Waals surface area contributed by atoms with Crippen LogP contribution in [0.2, 0.25) is 0 Å². The standard InChI is InChI=1S/C14H28N2OS/c1-12(6-8-15)4-5-13(17)16-9-7-14(2,3)18-11-10-16/h12H,4-11,15H2,1-3H3. The third kappa shape index (κ3) is 5.61. The fraction of sp³-hybridized carbons (Fsp3) is 0.929. The highest BCUT2D eigenvalue weighted by Gasteiger charge is 2.25. The van der Waals surface area contributed by atoms with Gasteiger partial charge in [-0.25, -0.2) is 0 Å². The maximum atomic E-state index is 12.2. The van der Waals surface area contributed by atoms with Gasteiger partial charge in [0.05, 0.1) is 0 Å². The van der Waals surface area contributed by atoms with E-state index in [1.165, 1.54) is 0 Å². The second-order valence-corrected chi connectivity index (χ2v) is 7.76. The number of nitrogens with two attached hydrogens (primary N) is 1. The molecule has 1 aliphatic rings. The van der Waals surface area contributed by atoms with Crippen LogP contribution in [0, 0.1) is 5.92 Å². The summed E-state index contributed by atoms with van der Waals surface area (Å²) >= 11 is 1.98. The lowest BCUT2D eigenvalue weighted by molar-refractivity contribution is -0.131. The third-order valence-corrected chi connectivity index (χ3v) is 5.07. The van der Waals surface area contributed by atoms with Gasteiger partial charge in [-0.15, -0.1) is 0 Å². The zero-order valence-electron chi connectivity index (χ0n) is 12.1. The Morgan fingerprint density at radius 1 is 1.39 bits per heavy atom. The van der Waals surface area contributed by atoms with E-state index in [0.717, 1.165) is 44.6 Å². The lowest BCUT2D eigenvalue weighted by Crippen LogP contribution is -2.33. The van der Waals surface area contributed by atoms with Gasteiger partial charge >= 0.3 is 0 Å². The van der Waals surface area contributed by atoms with Crippen LogP contribution < -0.4 is 5.73 Å². The molecule has 0 radical (unpaired) electrons. The molecule has 0 aliphatic carbocycles. The Labute approximate surface area is 116 Å². The van der Waals surface area contributed by atoms with Crippen molar-refractivity contribution in [3.63, 3.8) is 0 Å². The van der Waals surface area contributed by atoms with E-state index in [4.69, 9.17) is 5.73 Å². The summed E-state index contributed by atoms with van der Waals surface area (Å²) in [4.78, 5) is 14.2. The van der Waals surface area contributed by atoms with Crippen molar-refractivity contribution in [3.05, 3.63) is 0 Å². The highest BCUT2D eigenvalue weighted by molar-refractivity contribution is 8.00. The third-order valence-electron chi connectivity index (χ3n) is 3.70. The maximum absolute atomic E-state index is 12.2. The van der Waals surface area contributed by atoms with Crippen molar-refractivity contribution in [1.29, 1.82) is 0 Å². The molecule has 1 aliphatic heterocycles. The van der Waals surface area contributed by atoms with Crippen LogP contribution >= 0.6 is 11.8 Å². The molecule has 0 aromatic carbocycles. The van der Waals surface area contributed by atoms with Gasteiger partial charge in [-0.05, 0) is 31.7 Å². The summed E-state index contributed by atoms with van der Waals surface area (Å²) in [7, 11) is 0. The molecule has 1 fully saturated rings. The Morgan fingerprint density at radius 2 is 2.11 bits per heavy atom. The molecule has 18 heavy (non-hydrogen) atoms. The van der Waals surface area contributed by atoms with Crippen molar-refractivity contribution in [2.45, 2.75) is 51.2 Å². The topological polar surface area (TPSA) is 46.3 Å². The van der Waals surface area contributed by atoms with Gasteiger partial charge in [-0.2, -0.15) is 11.8 Å². The Bertz CT molecular complexity index is 269. The van der Waals surface area contributed by atoms with Crippen molar-refractivity contribution in [2.75, 3.05) is 25.4 Å². The smallest absolute Gasteiger partial charge is 0.222 e. The zero-order chi connectivity index (χ0) is 13.6. The maximum Gasteiger partial charge on any atom is 0.222 e. The molecule has 4 heteroatoms. The predicted molar refractivity (Wildman–Crippen MR) is 79.8 cm³/mol. The summed E-state index contributed by atoms with van der Waals surface area (Å²) in [5.74, 6) is 1.96. The number of thioether (sulfide) groups is 1. The summed E-state index contributed by atoms with van der Waals surface area (Å²) < 4.78 is 0.321. The first-order chi connectivity index (χ1) is 8.44. The molecule has 0 spiro atoms. The number of carbonyl (C=O) groups excluding carboxylic acids is 1. The van der Waals surface area contributed by atoms with Gasteiger partial charge in [0.15, 0.2) is 0 Å². The van der Waals surface area contributed by atoms with Gasteiger partial charge < -0.3 is 10.6 Å². The number of hydrogen-bond donors (Lipinski definition) is 1. The fourth-order valence-corrected chi connectivity index (χ4v) is 3.33. The van der Waals surface area contributed by atoms with E-state index in [1.54, 1.807) is 0 Å². The molecule has 1 rings (SSSR count). The van der Waals surface area contributed by atoms with E-state index >= 15 is 0 Å². The first-order valence-corrected chi connectivity index (χ1v) is 8.05. The lowest BCUT2D eigenvalue weighted by atomic mass is 10.0. The number of nitrogens with zero attached hydrogens (tertiary/aromatic N) is 1. The molecule has 1 atom stereocenters. The molecule has 1 amide bonds. The molecule has 106 valence electrons. The monoisotopic (exact) mass is 272 g/mol. The summed E-state index contributed by atoms with van der Waals surface area (Å²) in [5, 5.41) is 0. The zero-order valence-corrected chi connectivity index (χ0v) is 12.9. The summed E-state index contributed by atoms with van der Waals surface area (Å²) in [6.07, 6.45) is 3.78. The minimum atomic E-state index is 0.321. The predicted octanol–water partition coefficient (Wildman–Crippen LogP) is 2.50. The van der Waals surface area contributed by atoms with E-state index in [1.807, 2.05) is 11.8 Å². The fourth-order valence-electron chi connectivity index (χ4n) is 2.23. The quantitative estimate of drug-likeness (QED) is 0.836. The SMILES string of the molecule is CC(CCN)CCC(=O)N1CCSC(C)(C)CC1. The van der Waals surface area contributed by atoms with Crippen molar-refractivity contribution in [2.24, 2.45) is 11.7 Å². The number of hydrogen-bond acceptors (Lipinski definition) is 3. The number of rotatable bonds is 5. The first kappa shape index (κ1) is 15.8. The first-order valence-electron chi connectivity index (χ1n) is 7.06. The number of amides is 1. The Hall–Kier alpha value is -0.220. The minimum absolute atomic E-state index is 0.321. The van der Waals surface area contributed by atoms with Crippen LogP contribution in [0.4, 0.5) is 0 Å². The van der Waals surface area contributed by atoms with Gasteiger partial charge in [-0.1, -0.05) is 20.8 Å². The average molecular weight is 272 g/mol. The van der Waals surface area contributed by atoms with Gasteiger partial charge in [0, 0.05) is 30.0 Å². The lowest BCUT2D eigenvalue weighted by Gasteiger charge is -2.23. The largest absolute Gasteiger partial charge is 0.342 e. The van der Waals surface area contributed by atoms with Crippen molar-refractivity contribution in [1.82, 2.24) is 4.90 Å². The summed E-state index contributed by atoms with van der Waals surface area (Å²) in [6, 6.07) is 0. The minimum Gasteiger partial charge on any atom is -0.342 e. The normalized spacial score (nSPS) is 21.4. The molecule has 1 heterocycles.